The smallest absolute Gasteiger partial charge is 0.330 e. The molecule has 0 saturated heterocycles. The highest BCUT2D eigenvalue weighted by Gasteiger charge is 2.44. The Balaban J connectivity index is 1.51. The van der Waals surface area contributed by atoms with E-state index in [1.54, 1.807) is 22.4 Å². The van der Waals surface area contributed by atoms with Gasteiger partial charge in [0.1, 0.15) is 0 Å². The van der Waals surface area contributed by atoms with E-state index in [4.69, 9.17) is 4.74 Å². The molecule has 1 unspecified atom stereocenters. The molecule has 3 aromatic carbocycles. The first-order valence-corrected chi connectivity index (χ1v) is 12.6. The predicted octanol–water partition coefficient (Wildman–Crippen LogP) is 6.03. The summed E-state index contributed by atoms with van der Waals surface area (Å²) in [5.74, 6) is 0.0675. The van der Waals surface area contributed by atoms with E-state index in [1.807, 2.05) is 30.3 Å². The number of hydrogen-bond donors (Lipinski definition) is 0. The van der Waals surface area contributed by atoms with Gasteiger partial charge in [0, 0.05) is 6.07 Å². The van der Waals surface area contributed by atoms with E-state index in [0.717, 1.165) is 29.0 Å². The van der Waals surface area contributed by atoms with Gasteiger partial charge in [0.25, 0.3) is 5.56 Å². The Hall–Kier alpha value is -3.31. The number of carbonyl (C=O) groups is 1. The summed E-state index contributed by atoms with van der Waals surface area (Å²) in [6.45, 7) is 0. The van der Waals surface area contributed by atoms with E-state index in [9.17, 15) is 9.59 Å². The number of methoxy groups -OCH3 is 1. The summed E-state index contributed by atoms with van der Waals surface area (Å²) in [6.07, 6.45) is 2.94. The lowest BCUT2D eigenvalue weighted by atomic mass is 9.94. The van der Waals surface area contributed by atoms with Gasteiger partial charge < -0.3 is 4.74 Å². The third-order valence-corrected chi connectivity index (χ3v) is 8.37. The second kappa shape index (κ2) is 8.48. The van der Waals surface area contributed by atoms with Gasteiger partial charge in [0.2, 0.25) is 0 Å². The van der Waals surface area contributed by atoms with Gasteiger partial charge in [0.05, 0.1) is 17.4 Å². The number of carbonyl (C=O) groups excluding carboxylic acids is 1. The van der Waals surface area contributed by atoms with Crippen LogP contribution in [-0.4, -0.2) is 17.6 Å². The van der Waals surface area contributed by atoms with Crippen molar-refractivity contribution in [2.45, 2.75) is 41.5 Å². The highest BCUT2D eigenvalue weighted by Crippen LogP contribution is 2.55. The highest BCUT2D eigenvalue weighted by atomic mass is 32.2. The Morgan fingerprint density at radius 3 is 2.47 bits per heavy atom. The van der Waals surface area contributed by atoms with Gasteiger partial charge in [-0.1, -0.05) is 84.6 Å². The molecule has 0 radical (unpaired) electrons. The number of rotatable bonds is 5. The quantitative estimate of drug-likeness (QED) is 0.336. The molecular formula is C29H25NO3S. The first-order valence-electron chi connectivity index (χ1n) is 11.7. The van der Waals surface area contributed by atoms with Crippen molar-refractivity contribution in [2.24, 2.45) is 0 Å². The maximum absolute atomic E-state index is 13.5. The van der Waals surface area contributed by atoms with E-state index >= 15 is 0 Å². The van der Waals surface area contributed by atoms with Crippen molar-refractivity contribution < 1.29 is 9.53 Å². The lowest BCUT2D eigenvalue weighted by Crippen LogP contribution is -2.31. The number of esters is 1. The van der Waals surface area contributed by atoms with E-state index in [-0.39, 0.29) is 16.8 Å². The zero-order valence-electron chi connectivity index (χ0n) is 18.9. The number of nitrogens with zero attached hydrogens (tertiary/aromatic N) is 1. The zero-order chi connectivity index (χ0) is 23.2. The molecule has 170 valence electrons. The second-order valence-corrected chi connectivity index (χ2v) is 10.2. The van der Waals surface area contributed by atoms with Crippen molar-refractivity contribution in [3.8, 4) is 0 Å². The first kappa shape index (κ1) is 21.2. The van der Waals surface area contributed by atoms with E-state index in [0.29, 0.717) is 12.3 Å². The Morgan fingerprint density at radius 1 is 0.971 bits per heavy atom. The van der Waals surface area contributed by atoms with Gasteiger partial charge in [-0.05, 0) is 58.2 Å². The van der Waals surface area contributed by atoms with Crippen molar-refractivity contribution in [3.05, 3.63) is 111 Å². The Bertz CT molecular complexity index is 1450. The molecule has 0 spiro atoms. The molecule has 4 nitrogen and oxygen atoms in total. The molecule has 0 bridgehead atoms. The van der Waals surface area contributed by atoms with Crippen LogP contribution >= 0.6 is 11.8 Å². The topological polar surface area (TPSA) is 48.3 Å². The molecule has 1 saturated carbocycles. The van der Waals surface area contributed by atoms with Crippen molar-refractivity contribution in [1.82, 2.24) is 4.57 Å². The molecule has 34 heavy (non-hydrogen) atoms. The van der Waals surface area contributed by atoms with Gasteiger partial charge in [-0.25, -0.2) is 4.79 Å². The molecule has 2 atom stereocenters. The van der Waals surface area contributed by atoms with Crippen LogP contribution < -0.4 is 5.56 Å². The van der Waals surface area contributed by atoms with Crippen LogP contribution in [0.15, 0.2) is 88.7 Å². The van der Waals surface area contributed by atoms with Crippen molar-refractivity contribution in [1.29, 1.82) is 0 Å². The lowest BCUT2D eigenvalue weighted by Gasteiger charge is -2.19. The van der Waals surface area contributed by atoms with Crippen LogP contribution in [0.5, 0.6) is 0 Å². The van der Waals surface area contributed by atoms with Crippen LogP contribution in [0.2, 0.25) is 0 Å². The molecule has 1 aliphatic heterocycles. The van der Waals surface area contributed by atoms with Gasteiger partial charge >= 0.3 is 5.97 Å². The fourth-order valence-electron chi connectivity index (χ4n) is 5.22. The number of aromatic nitrogens is 1. The molecule has 2 heterocycles. The zero-order valence-corrected chi connectivity index (χ0v) is 19.8. The fourth-order valence-corrected chi connectivity index (χ4v) is 6.85. The first-order chi connectivity index (χ1) is 16.7. The summed E-state index contributed by atoms with van der Waals surface area (Å²) < 4.78 is 6.88. The number of hydrogen-bond acceptors (Lipinski definition) is 4. The summed E-state index contributed by atoms with van der Waals surface area (Å²) >= 11 is 1.64. The summed E-state index contributed by atoms with van der Waals surface area (Å²) in [5, 5.41) is 3.17. The summed E-state index contributed by atoms with van der Waals surface area (Å²) in [4.78, 5) is 26.5. The van der Waals surface area contributed by atoms with Crippen molar-refractivity contribution in [3.63, 3.8) is 0 Å². The number of benzene rings is 3. The largest absolute Gasteiger partial charge is 0.467 e. The van der Waals surface area contributed by atoms with Crippen molar-refractivity contribution >= 4 is 28.5 Å². The average molecular weight is 468 g/mol. The summed E-state index contributed by atoms with van der Waals surface area (Å²) in [6, 6.07) is 25.8. The molecule has 0 N–H and O–H groups in total. The molecule has 4 aromatic rings. The Morgan fingerprint density at radius 2 is 1.71 bits per heavy atom. The highest BCUT2D eigenvalue weighted by molar-refractivity contribution is 7.99. The van der Waals surface area contributed by atoms with Gasteiger partial charge in [-0.3, -0.25) is 9.36 Å². The van der Waals surface area contributed by atoms with Gasteiger partial charge in [-0.15, -0.1) is 0 Å². The molecule has 1 fully saturated rings. The number of fused-ring (bicyclic) bond motifs is 2. The van der Waals surface area contributed by atoms with E-state index in [1.165, 1.54) is 29.0 Å². The minimum Gasteiger partial charge on any atom is -0.467 e. The van der Waals surface area contributed by atoms with Crippen LogP contribution in [0.3, 0.4) is 0 Å². The Labute approximate surface area is 202 Å². The van der Waals surface area contributed by atoms with Gasteiger partial charge in [-0.2, -0.15) is 0 Å². The normalized spacial score (nSPS) is 19.2. The molecule has 6 rings (SSSR count). The maximum atomic E-state index is 13.5. The standard InChI is InChI=1S/C29H25NO3S/c1-33-29(32)26-27(20-9-3-2-4-10-20)34-28-25(19-14-15-19)22(17-24(31)30(26)28)16-21-12-7-11-18-8-5-6-13-23(18)21/h2-13,17,19,26-27H,14-16H2,1H3/t26-,27?/m0/s1. The molecule has 1 aliphatic carbocycles. The number of pyridine rings is 1. The molecule has 0 amide bonds. The summed E-state index contributed by atoms with van der Waals surface area (Å²) in [7, 11) is 1.40. The average Bonchev–Trinajstić information content (AvgIpc) is 3.62. The predicted molar refractivity (Wildman–Crippen MR) is 136 cm³/mol. The molecular weight excluding hydrogens is 442 g/mol. The van der Waals surface area contributed by atoms with Crippen LogP contribution in [0.25, 0.3) is 10.8 Å². The SMILES string of the molecule is COC(=O)[C@@H]1C(c2ccccc2)Sc2c(C3CC3)c(Cc3cccc4ccccc34)cc(=O)n21. The summed E-state index contributed by atoms with van der Waals surface area (Å²) in [5.41, 5.74) is 4.44. The lowest BCUT2D eigenvalue weighted by molar-refractivity contribution is -0.144. The monoisotopic (exact) mass is 467 g/mol. The number of thioether (sulfide) groups is 1. The van der Waals surface area contributed by atoms with Crippen LogP contribution in [0.1, 0.15) is 52.3 Å². The van der Waals surface area contributed by atoms with E-state index in [2.05, 4.69) is 42.5 Å². The van der Waals surface area contributed by atoms with Crippen LogP contribution in [0, 0.1) is 0 Å². The minimum atomic E-state index is -0.663. The fraction of sp³-hybridized carbons (Fsp3) is 0.241. The second-order valence-electron chi connectivity index (χ2n) is 9.10. The number of ether oxygens (including phenoxy) is 1. The minimum absolute atomic E-state index is 0.129. The third kappa shape index (κ3) is 3.55. The van der Waals surface area contributed by atoms with Crippen LogP contribution in [-0.2, 0) is 16.0 Å². The maximum Gasteiger partial charge on any atom is 0.330 e. The van der Waals surface area contributed by atoms with Crippen LogP contribution in [0.4, 0.5) is 0 Å². The molecule has 1 aromatic heterocycles. The third-order valence-electron chi connectivity index (χ3n) is 6.95. The van der Waals surface area contributed by atoms with Crippen molar-refractivity contribution in [2.75, 3.05) is 7.11 Å². The molecule has 2 aliphatic rings. The van der Waals surface area contributed by atoms with E-state index < -0.39 is 6.04 Å². The Kier molecular flexibility index (Phi) is 5.30. The molecule has 5 heteroatoms. The van der Waals surface area contributed by atoms with Gasteiger partial charge in [0.15, 0.2) is 6.04 Å².